The van der Waals surface area contributed by atoms with Crippen molar-refractivity contribution in [2.45, 2.75) is 31.5 Å². The predicted octanol–water partition coefficient (Wildman–Crippen LogP) is 2.83. The van der Waals surface area contributed by atoms with E-state index in [-0.39, 0.29) is 12.4 Å². The Morgan fingerprint density at radius 2 is 1.96 bits per heavy atom. The lowest BCUT2D eigenvalue weighted by Crippen LogP contribution is -2.43. The van der Waals surface area contributed by atoms with Gasteiger partial charge in [-0.1, -0.05) is 12.1 Å². The van der Waals surface area contributed by atoms with Crippen LogP contribution in [0.3, 0.4) is 0 Å². The standard InChI is InChI=1S/C19H27F3N4O/c1-23-18(26-12-8-15(14-26)25-10-4-5-11-25)24-9-13-27-17-7-3-2-6-16(17)19(20,21)22/h2-3,6-7,15H,4-5,8-14H2,1H3,(H,23,24). The smallest absolute Gasteiger partial charge is 0.419 e. The summed E-state index contributed by atoms with van der Waals surface area (Å²) in [5.74, 6) is 0.640. The fourth-order valence-electron chi connectivity index (χ4n) is 3.82. The highest BCUT2D eigenvalue weighted by Crippen LogP contribution is 2.35. The minimum atomic E-state index is -4.42. The molecule has 27 heavy (non-hydrogen) atoms. The average molecular weight is 384 g/mol. The van der Waals surface area contributed by atoms with Gasteiger partial charge in [0.1, 0.15) is 12.4 Å². The van der Waals surface area contributed by atoms with Crippen LogP contribution in [0.1, 0.15) is 24.8 Å². The summed E-state index contributed by atoms with van der Waals surface area (Å²) in [5.41, 5.74) is -0.748. The van der Waals surface area contributed by atoms with E-state index in [9.17, 15) is 13.2 Å². The number of nitrogens with zero attached hydrogens (tertiary/aromatic N) is 3. The maximum atomic E-state index is 13.0. The van der Waals surface area contributed by atoms with E-state index in [2.05, 4.69) is 20.1 Å². The molecule has 1 aromatic carbocycles. The number of guanidine groups is 1. The quantitative estimate of drug-likeness (QED) is 0.482. The Bertz CT molecular complexity index is 644. The zero-order valence-electron chi connectivity index (χ0n) is 15.6. The van der Waals surface area contributed by atoms with Gasteiger partial charge in [0.2, 0.25) is 0 Å². The SMILES string of the molecule is CN=C(NCCOc1ccccc1C(F)(F)F)N1CCC(N2CCCC2)C1. The van der Waals surface area contributed by atoms with Crippen LogP contribution in [-0.2, 0) is 6.18 Å². The zero-order valence-corrected chi connectivity index (χ0v) is 15.6. The van der Waals surface area contributed by atoms with Crippen LogP contribution in [0.2, 0.25) is 0 Å². The van der Waals surface area contributed by atoms with Crippen molar-refractivity contribution in [3.63, 3.8) is 0 Å². The number of likely N-dealkylation sites (tertiary alicyclic amines) is 2. The zero-order chi connectivity index (χ0) is 19.3. The summed E-state index contributed by atoms with van der Waals surface area (Å²) in [7, 11) is 1.73. The molecule has 0 radical (unpaired) electrons. The number of hydrogen-bond acceptors (Lipinski definition) is 3. The highest BCUT2D eigenvalue weighted by molar-refractivity contribution is 5.80. The van der Waals surface area contributed by atoms with Gasteiger partial charge < -0.3 is 15.0 Å². The summed E-state index contributed by atoms with van der Waals surface area (Å²) in [4.78, 5) is 9.07. The number of alkyl halides is 3. The monoisotopic (exact) mass is 384 g/mol. The Balaban J connectivity index is 1.46. The van der Waals surface area contributed by atoms with Gasteiger partial charge >= 0.3 is 6.18 Å². The molecule has 3 rings (SSSR count). The molecule has 1 aromatic rings. The molecule has 5 nitrogen and oxygen atoms in total. The molecule has 2 fully saturated rings. The Morgan fingerprint density at radius 3 is 2.67 bits per heavy atom. The maximum Gasteiger partial charge on any atom is 0.419 e. The van der Waals surface area contributed by atoms with Crippen LogP contribution in [0.25, 0.3) is 0 Å². The third-order valence-corrected chi connectivity index (χ3v) is 5.17. The molecule has 0 aromatic heterocycles. The molecular formula is C19H27F3N4O. The van der Waals surface area contributed by atoms with Crippen molar-refractivity contribution in [2.24, 2.45) is 4.99 Å². The lowest BCUT2D eigenvalue weighted by Gasteiger charge is -2.25. The predicted molar refractivity (Wildman–Crippen MR) is 99.1 cm³/mol. The minimum Gasteiger partial charge on any atom is -0.491 e. The van der Waals surface area contributed by atoms with Crippen LogP contribution in [-0.4, -0.2) is 68.2 Å². The number of ether oxygens (including phenoxy) is 1. The van der Waals surface area contributed by atoms with Gasteiger partial charge in [-0.2, -0.15) is 13.2 Å². The van der Waals surface area contributed by atoms with E-state index in [1.165, 1.54) is 38.1 Å². The number of halogens is 3. The number of aliphatic imine (C=N–C) groups is 1. The lowest BCUT2D eigenvalue weighted by molar-refractivity contribution is -0.138. The molecule has 2 saturated heterocycles. The van der Waals surface area contributed by atoms with E-state index in [1.54, 1.807) is 13.1 Å². The number of hydrogen-bond donors (Lipinski definition) is 1. The van der Waals surface area contributed by atoms with Gasteiger partial charge in [-0.15, -0.1) is 0 Å². The summed E-state index contributed by atoms with van der Waals surface area (Å²) in [6.07, 6.45) is -0.739. The largest absolute Gasteiger partial charge is 0.491 e. The van der Waals surface area contributed by atoms with Crippen molar-refractivity contribution in [1.82, 2.24) is 15.1 Å². The van der Waals surface area contributed by atoms with Gasteiger partial charge in [0, 0.05) is 26.2 Å². The summed E-state index contributed by atoms with van der Waals surface area (Å²) in [6, 6.07) is 5.85. The van der Waals surface area contributed by atoms with Crippen molar-refractivity contribution in [3.8, 4) is 5.75 Å². The van der Waals surface area contributed by atoms with E-state index >= 15 is 0 Å². The van der Waals surface area contributed by atoms with Crippen molar-refractivity contribution in [3.05, 3.63) is 29.8 Å². The maximum absolute atomic E-state index is 13.0. The van der Waals surface area contributed by atoms with Gasteiger partial charge in [0.25, 0.3) is 0 Å². The van der Waals surface area contributed by atoms with E-state index in [1.807, 2.05) is 0 Å². The summed E-state index contributed by atoms with van der Waals surface area (Å²) in [5, 5.41) is 3.20. The molecule has 0 amide bonds. The molecule has 1 N–H and O–H groups in total. The van der Waals surface area contributed by atoms with Crippen LogP contribution >= 0.6 is 0 Å². The average Bonchev–Trinajstić information content (AvgIpc) is 3.33. The third-order valence-electron chi connectivity index (χ3n) is 5.17. The number of nitrogens with one attached hydrogen (secondary N) is 1. The lowest BCUT2D eigenvalue weighted by atomic mass is 10.2. The summed E-state index contributed by atoms with van der Waals surface area (Å²) >= 11 is 0. The van der Waals surface area contributed by atoms with Crippen LogP contribution in [0.4, 0.5) is 13.2 Å². The number of rotatable bonds is 5. The van der Waals surface area contributed by atoms with Crippen LogP contribution < -0.4 is 10.1 Å². The van der Waals surface area contributed by atoms with Crippen LogP contribution in [0, 0.1) is 0 Å². The number of benzene rings is 1. The molecule has 0 aliphatic carbocycles. The third kappa shape index (κ3) is 5.06. The molecular weight excluding hydrogens is 357 g/mol. The molecule has 0 spiro atoms. The van der Waals surface area contributed by atoms with Crippen LogP contribution in [0.15, 0.2) is 29.3 Å². The minimum absolute atomic E-state index is 0.134. The summed E-state index contributed by atoms with van der Waals surface area (Å²) in [6.45, 7) is 4.77. The molecule has 8 heteroatoms. The Kier molecular flexibility index (Phi) is 6.46. The van der Waals surface area contributed by atoms with Crippen molar-refractivity contribution < 1.29 is 17.9 Å². The topological polar surface area (TPSA) is 40.1 Å². The number of para-hydroxylation sites is 1. The summed E-state index contributed by atoms with van der Waals surface area (Å²) < 4.78 is 44.3. The molecule has 1 atom stereocenters. The molecule has 1 unspecified atom stereocenters. The molecule has 2 aliphatic rings. The van der Waals surface area contributed by atoms with Gasteiger partial charge in [-0.25, -0.2) is 0 Å². The van der Waals surface area contributed by atoms with Gasteiger partial charge in [0.15, 0.2) is 5.96 Å². The Morgan fingerprint density at radius 1 is 1.22 bits per heavy atom. The highest BCUT2D eigenvalue weighted by atomic mass is 19.4. The van der Waals surface area contributed by atoms with Gasteiger partial charge in [-0.05, 0) is 44.5 Å². The van der Waals surface area contributed by atoms with Crippen LogP contribution in [0.5, 0.6) is 5.75 Å². The second kappa shape index (κ2) is 8.82. The van der Waals surface area contributed by atoms with Gasteiger partial charge in [0.05, 0.1) is 12.1 Å². The first-order valence-electron chi connectivity index (χ1n) is 9.47. The van der Waals surface area contributed by atoms with E-state index < -0.39 is 11.7 Å². The second-order valence-corrected chi connectivity index (χ2v) is 6.95. The van der Waals surface area contributed by atoms with E-state index in [0.29, 0.717) is 12.6 Å². The Labute approximate surface area is 158 Å². The molecule has 150 valence electrons. The van der Waals surface area contributed by atoms with Crippen molar-refractivity contribution in [1.29, 1.82) is 0 Å². The molecule has 0 saturated carbocycles. The fourth-order valence-corrected chi connectivity index (χ4v) is 3.82. The molecule has 0 bridgehead atoms. The van der Waals surface area contributed by atoms with Crippen molar-refractivity contribution in [2.75, 3.05) is 46.4 Å². The molecule has 2 heterocycles. The first-order chi connectivity index (χ1) is 13.0. The highest BCUT2D eigenvalue weighted by Gasteiger charge is 2.34. The second-order valence-electron chi connectivity index (χ2n) is 6.95. The first-order valence-corrected chi connectivity index (χ1v) is 9.47. The molecule has 2 aliphatic heterocycles. The first kappa shape index (κ1) is 19.8. The van der Waals surface area contributed by atoms with Gasteiger partial charge in [-0.3, -0.25) is 9.89 Å². The Hall–Kier alpha value is -1.96. The fraction of sp³-hybridized carbons (Fsp3) is 0.632. The van der Waals surface area contributed by atoms with E-state index in [0.717, 1.165) is 31.5 Å². The van der Waals surface area contributed by atoms with E-state index in [4.69, 9.17) is 4.74 Å². The van der Waals surface area contributed by atoms with Crippen molar-refractivity contribution >= 4 is 5.96 Å². The normalized spacial score (nSPS) is 21.7.